The molecule has 0 N–H and O–H groups in total. The molecule has 16 heavy (non-hydrogen) atoms. The van der Waals surface area contributed by atoms with Gasteiger partial charge in [0.25, 0.3) is 0 Å². The molecule has 0 unspecified atom stereocenters. The molecule has 1 aliphatic heterocycles. The van der Waals surface area contributed by atoms with E-state index >= 15 is 0 Å². The van der Waals surface area contributed by atoms with Crippen LogP contribution in [-0.4, -0.2) is 25.0 Å². The fourth-order valence-corrected chi connectivity index (χ4v) is 2.12. The summed E-state index contributed by atoms with van der Waals surface area (Å²) < 4.78 is 5.22. The first-order chi connectivity index (χ1) is 7.56. The standard InChI is InChI=1S/C10H7BrClNO3/c11-7-2-1-6(12)3-8(7)13-4-9(14)16-10(15)5-13/h1-3H,4-5H2. The second kappa shape index (κ2) is 4.43. The topological polar surface area (TPSA) is 46.6 Å². The van der Waals surface area contributed by atoms with Gasteiger partial charge < -0.3 is 9.64 Å². The van der Waals surface area contributed by atoms with Crippen molar-refractivity contribution in [1.82, 2.24) is 0 Å². The van der Waals surface area contributed by atoms with Crippen molar-refractivity contribution in [3.05, 3.63) is 27.7 Å². The van der Waals surface area contributed by atoms with E-state index in [2.05, 4.69) is 20.7 Å². The Hall–Kier alpha value is -1.07. The highest BCUT2D eigenvalue weighted by Crippen LogP contribution is 2.30. The smallest absolute Gasteiger partial charge is 0.333 e. The van der Waals surface area contributed by atoms with Crippen LogP contribution in [0.3, 0.4) is 0 Å². The average Bonchev–Trinajstić information content (AvgIpc) is 2.20. The molecule has 1 aromatic carbocycles. The highest BCUT2D eigenvalue weighted by molar-refractivity contribution is 9.10. The summed E-state index contributed by atoms with van der Waals surface area (Å²) in [6.45, 7) is 0.0926. The Kier molecular flexibility index (Phi) is 3.16. The Balaban J connectivity index is 2.32. The second-order valence-corrected chi connectivity index (χ2v) is 4.59. The number of halogens is 2. The Morgan fingerprint density at radius 3 is 2.50 bits per heavy atom. The van der Waals surface area contributed by atoms with E-state index in [4.69, 9.17) is 11.6 Å². The molecule has 6 heteroatoms. The largest absolute Gasteiger partial charge is 0.390 e. The summed E-state index contributed by atoms with van der Waals surface area (Å²) in [5, 5.41) is 0.546. The molecule has 84 valence electrons. The minimum atomic E-state index is -0.553. The van der Waals surface area contributed by atoms with Gasteiger partial charge in [0, 0.05) is 9.50 Å². The van der Waals surface area contributed by atoms with Crippen LogP contribution in [-0.2, 0) is 14.3 Å². The van der Waals surface area contributed by atoms with Crippen molar-refractivity contribution < 1.29 is 14.3 Å². The minimum absolute atomic E-state index is 0.0463. The third kappa shape index (κ3) is 2.36. The molecule has 0 saturated carbocycles. The number of carbonyl (C=O) groups is 2. The molecule has 0 atom stereocenters. The lowest BCUT2D eigenvalue weighted by Gasteiger charge is -2.27. The van der Waals surface area contributed by atoms with Crippen LogP contribution in [0.15, 0.2) is 22.7 Å². The Morgan fingerprint density at radius 2 is 1.88 bits per heavy atom. The molecule has 0 bridgehead atoms. The van der Waals surface area contributed by atoms with Crippen molar-refractivity contribution in [2.24, 2.45) is 0 Å². The van der Waals surface area contributed by atoms with Crippen molar-refractivity contribution in [1.29, 1.82) is 0 Å². The van der Waals surface area contributed by atoms with Gasteiger partial charge in [-0.25, -0.2) is 9.59 Å². The molecule has 0 aromatic heterocycles. The van der Waals surface area contributed by atoms with E-state index in [-0.39, 0.29) is 13.1 Å². The van der Waals surface area contributed by atoms with Crippen molar-refractivity contribution in [3.63, 3.8) is 0 Å². The zero-order valence-corrected chi connectivity index (χ0v) is 10.4. The first kappa shape index (κ1) is 11.4. The van der Waals surface area contributed by atoms with Gasteiger partial charge in [-0.05, 0) is 34.1 Å². The van der Waals surface area contributed by atoms with Crippen molar-refractivity contribution in [2.75, 3.05) is 18.0 Å². The van der Waals surface area contributed by atoms with Gasteiger partial charge in [-0.1, -0.05) is 11.6 Å². The zero-order valence-electron chi connectivity index (χ0n) is 8.07. The van der Waals surface area contributed by atoms with E-state index < -0.39 is 11.9 Å². The van der Waals surface area contributed by atoms with Gasteiger partial charge >= 0.3 is 11.9 Å². The number of esters is 2. The normalized spacial score (nSPS) is 16.2. The van der Waals surface area contributed by atoms with Crippen LogP contribution in [0, 0.1) is 0 Å². The predicted octanol–water partition coefficient (Wildman–Crippen LogP) is 1.99. The number of cyclic esters (lactones) is 2. The summed E-state index contributed by atoms with van der Waals surface area (Å²) in [7, 11) is 0. The average molecular weight is 305 g/mol. The van der Waals surface area contributed by atoms with Crippen LogP contribution < -0.4 is 4.90 Å². The number of nitrogens with zero attached hydrogens (tertiary/aromatic N) is 1. The van der Waals surface area contributed by atoms with Crippen molar-refractivity contribution in [3.8, 4) is 0 Å². The monoisotopic (exact) mass is 303 g/mol. The third-order valence-electron chi connectivity index (χ3n) is 2.12. The third-order valence-corrected chi connectivity index (χ3v) is 3.02. The fourth-order valence-electron chi connectivity index (χ4n) is 1.46. The van der Waals surface area contributed by atoms with E-state index in [1.807, 2.05) is 0 Å². The van der Waals surface area contributed by atoms with Crippen LogP contribution in [0.1, 0.15) is 0 Å². The predicted molar refractivity (Wildman–Crippen MR) is 62.5 cm³/mol. The van der Waals surface area contributed by atoms with E-state index in [1.165, 1.54) is 0 Å². The Bertz CT molecular complexity index is 447. The van der Waals surface area contributed by atoms with E-state index in [9.17, 15) is 9.59 Å². The molecule has 0 aliphatic carbocycles. The molecule has 1 heterocycles. The highest BCUT2D eigenvalue weighted by Gasteiger charge is 2.26. The van der Waals surface area contributed by atoms with Gasteiger partial charge in [0.2, 0.25) is 0 Å². The number of rotatable bonds is 1. The second-order valence-electron chi connectivity index (χ2n) is 3.30. The number of hydrogen-bond acceptors (Lipinski definition) is 4. The number of morpholine rings is 1. The minimum Gasteiger partial charge on any atom is -0.390 e. The summed E-state index contributed by atoms with van der Waals surface area (Å²) in [6.07, 6.45) is 0. The number of ether oxygens (including phenoxy) is 1. The SMILES string of the molecule is O=C1CN(c2cc(Cl)ccc2Br)CC(=O)O1. The van der Waals surface area contributed by atoms with Crippen LogP contribution in [0.25, 0.3) is 0 Å². The Labute approximate surface area is 105 Å². The first-order valence-corrected chi connectivity index (χ1v) is 5.67. The number of hydrogen-bond donors (Lipinski definition) is 0. The maximum absolute atomic E-state index is 11.1. The first-order valence-electron chi connectivity index (χ1n) is 4.50. The molecule has 0 spiro atoms. The van der Waals surface area contributed by atoms with Crippen LogP contribution >= 0.6 is 27.5 Å². The molecule has 0 radical (unpaired) electrons. The van der Waals surface area contributed by atoms with Gasteiger partial charge in [-0.3, -0.25) is 0 Å². The molecule has 1 aromatic rings. The van der Waals surface area contributed by atoms with Crippen molar-refractivity contribution >= 4 is 45.2 Å². The molecular formula is C10H7BrClNO3. The molecule has 4 nitrogen and oxygen atoms in total. The van der Waals surface area contributed by atoms with E-state index in [0.717, 1.165) is 4.47 Å². The Morgan fingerprint density at radius 1 is 1.25 bits per heavy atom. The molecule has 0 amide bonds. The van der Waals surface area contributed by atoms with Crippen LogP contribution in [0.5, 0.6) is 0 Å². The lowest BCUT2D eigenvalue weighted by atomic mass is 10.2. The summed E-state index contributed by atoms with van der Waals surface area (Å²) in [4.78, 5) is 23.9. The maximum atomic E-state index is 11.1. The molecule has 1 aliphatic rings. The summed E-state index contributed by atoms with van der Waals surface area (Å²) in [6, 6.07) is 5.18. The lowest BCUT2D eigenvalue weighted by molar-refractivity contribution is -0.160. The van der Waals surface area contributed by atoms with Crippen LogP contribution in [0.2, 0.25) is 5.02 Å². The van der Waals surface area contributed by atoms with Crippen molar-refractivity contribution in [2.45, 2.75) is 0 Å². The fraction of sp³-hybridized carbons (Fsp3) is 0.200. The number of carbonyl (C=O) groups excluding carboxylic acids is 2. The highest BCUT2D eigenvalue weighted by atomic mass is 79.9. The number of anilines is 1. The van der Waals surface area contributed by atoms with E-state index in [0.29, 0.717) is 10.7 Å². The summed E-state index contributed by atoms with van der Waals surface area (Å²) >= 11 is 9.20. The van der Waals surface area contributed by atoms with Gasteiger partial charge in [0.05, 0.1) is 5.69 Å². The van der Waals surface area contributed by atoms with E-state index in [1.54, 1.807) is 23.1 Å². The summed E-state index contributed by atoms with van der Waals surface area (Å²) in [5.41, 5.74) is 0.706. The molecule has 1 saturated heterocycles. The van der Waals surface area contributed by atoms with Crippen LogP contribution in [0.4, 0.5) is 5.69 Å². The van der Waals surface area contributed by atoms with Gasteiger partial charge in [-0.2, -0.15) is 0 Å². The lowest BCUT2D eigenvalue weighted by Crippen LogP contribution is -2.43. The molecule has 2 rings (SSSR count). The van der Waals surface area contributed by atoms with Gasteiger partial charge in [0.1, 0.15) is 13.1 Å². The quantitative estimate of drug-likeness (QED) is 0.588. The maximum Gasteiger partial charge on any atom is 0.333 e. The molecular weight excluding hydrogens is 297 g/mol. The van der Waals surface area contributed by atoms with Gasteiger partial charge in [-0.15, -0.1) is 0 Å². The molecule has 1 fully saturated rings. The summed E-state index contributed by atoms with van der Waals surface area (Å²) in [5.74, 6) is -1.11. The number of benzene rings is 1. The zero-order chi connectivity index (χ0) is 11.7. The van der Waals surface area contributed by atoms with Gasteiger partial charge in [0.15, 0.2) is 0 Å².